The van der Waals surface area contributed by atoms with Crippen molar-refractivity contribution in [2.75, 3.05) is 0 Å². The van der Waals surface area contributed by atoms with E-state index >= 15 is 0 Å². The van der Waals surface area contributed by atoms with Gasteiger partial charge >= 0.3 is 0 Å². The third kappa shape index (κ3) is 2.76. The molecule has 1 amide bonds. The Kier molecular flexibility index (Phi) is 3.74. The minimum Gasteiger partial charge on any atom is -0.370 e. The summed E-state index contributed by atoms with van der Waals surface area (Å²) >= 11 is 0. The molecule has 0 aromatic heterocycles. The molecule has 3 rings (SSSR count). The van der Waals surface area contributed by atoms with Crippen LogP contribution in [0.1, 0.15) is 33.5 Å². The third-order valence-electron chi connectivity index (χ3n) is 3.72. The van der Waals surface area contributed by atoms with Crippen molar-refractivity contribution in [3.63, 3.8) is 0 Å². The number of benzene rings is 2. The summed E-state index contributed by atoms with van der Waals surface area (Å²) < 4.78 is 0. The lowest BCUT2D eigenvalue weighted by molar-refractivity contribution is 0.100. The minimum atomic E-state index is -0.416. The van der Waals surface area contributed by atoms with E-state index in [1.807, 2.05) is 30.3 Å². The molecule has 4 nitrogen and oxygen atoms in total. The van der Waals surface area contributed by atoms with Crippen LogP contribution in [0, 0.1) is 0 Å². The van der Waals surface area contributed by atoms with E-state index in [9.17, 15) is 4.79 Å². The standard InChI is InChI=1S/C18H17N3O/c19-18(20)21-17(22)14-10-9-13-7-4-8-15(16(13)11-14)12-5-2-1-3-6-12/h1-3,5-6,8-11H,4,7H2,(H4,19,20,21,22). The van der Waals surface area contributed by atoms with Crippen molar-refractivity contribution in [2.24, 2.45) is 16.5 Å². The van der Waals surface area contributed by atoms with Crippen LogP contribution >= 0.6 is 0 Å². The zero-order valence-electron chi connectivity index (χ0n) is 12.1. The van der Waals surface area contributed by atoms with Gasteiger partial charge in [0, 0.05) is 5.56 Å². The first-order chi connectivity index (χ1) is 10.6. The number of hydrogen-bond acceptors (Lipinski definition) is 1. The summed E-state index contributed by atoms with van der Waals surface area (Å²) in [6, 6.07) is 15.8. The van der Waals surface area contributed by atoms with Crippen molar-refractivity contribution in [3.05, 3.63) is 76.9 Å². The number of aryl methyl sites for hydroxylation is 1. The first-order valence-corrected chi connectivity index (χ1v) is 7.18. The summed E-state index contributed by atoms with van der Waals surface area (Å²) in [6.07, 6.45) is 4.19. The molecule has 0 heterocycles. The van der Waals surface area contributed by atoms with E-state index in [1.165, 1.54) is 5.56 Å². The molecule has 4 N–H and O–H groups in total. The normalized spacial score (nSPS) is 13.0. The largest absolute Gasteiger partial charge is 0.370 e. The molecule has 1 aliphatic rings. The summed E-state index contributed by atoms with van der Waals surface area (Å²) in [7, 11) is 0. The Morgan fingerprint density at radius 2 is 1.82 bits per heavy atom. The number of rotatable bonds is 2. The molecule has 22 heavy (non-hydrogen) atoms. The fraction of sp³-hybridized carbons (Fsp3) is 0.111. The van der Waals surface area contributed by atoms with Gasteiger partial charge in [-0.3, -0.25) is 4.79 Å². The highest BCUT2D eigenvalue weighted by molar-refractivity contribution is 6.02. The minimum absolute atomic E-state index is 0.221. The fourth-order valence-corrected chi connectivity index (χ4v) is 2.73. The van der Waals surface area contributed by atoms with Gasteiger partial charge in [0.25, 0.3) is 5.91 Å². The predicted octanol–water partition coefficient (Wildman–Crippen LogP) is 2.48. The number of aliphatic imine (C=N–C) groups is 1. The van der Waals surface area contributed by atoms with E-state index in [0.717, 1.165) is 29.5 Å². The molecule has 2 aromatic carbocycles. The summed E-state index contributed by atoms with van der Waals surface area (Å²) in [5.41, 5.74) is 15.7. The van der Waals surface area contributed by atoms with Crippen molar-refractivity contribution in [1.82, 2.24) is 0 Å². The second kappa shape index (κ2) is 5.85. The monoisotopic (exact) mass is 291 g/mol. The molecule has 0 saturated carbocycles. The second-order valence-electron chi connectivity index (χ2n) is 5.24. The van der Waals surface area contributed by atoms with Crippen LogP contribution in [-0.2, 0) is 6.42 Å². The highest BCUT2D eigenvalue weighted by Gasteiger charge is 2.16. The molecular formula is C18H17N3O. The van der Waals surface area contributed by atoms with Crippen molar-refractivity contribution in [2.45, 2.75) is 12.8 Å². The maximum Gasteiger partial charge on any atom is 0.280 e. The van der Waals surface area contributed by atoms with Gasteiger partial charge in [-0.25, -0.2) is 0 Å². The molecule has 0 unspecified atom stereocenters. The van der Waals surface area contributed by atoms with Crippen LogP contribution in [0.4, 0.5) is 0 Å². The van der Waals surface area contributed by atoms with Crippen molar-refractivity contribution in [3.8, 4) is 0 Å². The first kappa shape index (κ1) is 14.1. The molecular weight excluding hydrogens is 274 g/mol. The number of amides is 1. The van der Waals surface area contributed by atoms with Crippen molar-refractivity contribution < 1.29 is 4.79 Å². The van der Waals surface area contributed by atoms with Crippen LogP contribution in [0.25, 0.3) is 5.57 Å². The van der Waals surface area contributed by atoms with Crippen LogP contribution in [0.2, 0.25) is 0 Å². The smallest absolute Gasteiger partial charge is 0.280 e. The summed E-state index contributed by atoms with van der Waals surface area (Å²) in [6.45, 7) is 0. The lowest BCUT2D eigenvalue weighted by Gasteiger charge is -2.19. The van der Waals surface area contributed by atoms with E-state index in [4.69, 9.17) is 11.5 Å². The fourth-order valence-electron chi connectivity index (χ4n) is 2.73. The quantitative estimate of drug-likeness (QED) is 0.659. The van der Waals surface area contributed by atoms with E-state index < -0.39 is 5.91 Å². The molecule has 0 spiro atoms. The van der Waals surface area contributed by atoms with Gasteiger partial charge < -0.3 is 11.5 Å². The lowest BCUT2D eigenvalue weighted by Crippen LogP contribution is -2.24. The highest BCUT2D eigenvalue weighted by atomic mass is 16.1. The van der Waals surface area contributed by atoms with E-state index in [1.54, 1.807) is 6.07 Å². The Morgan fingerprint density at radius 3 is 2.55 bits per heavy atom. The Hall–Kier alpha value is -2.88. The van der Waals surface area contributed by atoms with Crippen LogP contribution in [-0.4, -0.2) is 11.9 Å². The van der Waals surface area contributed by atoms with Gasteiger partial charge in [-0.2, -0.15) is 4.99 Å². The number of fused-ring (bicyclic) bond motifs is 1. The van der Waals surface area contributed by atoms with E-state index in [2.05, 4.69) is 23.2 Å². The van der Waals surface area contributed by atoms with Gasteiger partial charge in [0.05, 0.1) is 0 Å². The Balaban J connectivity index is 2.06. The number of allylic oxidation sites excluding steroid dienone is 1. The zero-order chi connectivity index (χ0) is 15.5. The highest BCUT2D eigenvalue weighted by Crippen LogP contribution is 2.32. The third-order valence-corrected chi connectivity index (χ3v) is 3.72. The maximum absolute atomic E-state index is 12.0. The average molecular weight is 291 g/mol. The van der Waals surface area contributed by atoms with Gasteiger partial charge in [-0.05, 0) is 47.2 Å². The number of carbonyl (C=O) groups excluding carboxylic acids is 1. The van der Waals surface area contributed by atoms with Gasteiger partial charge in [-0.15, -0.1) is 0 Å². The maximum atomic E-state index is 12.0. The van der Waals surface area contributed by atoms with Crippen LogP contribution in [0.3, 0.4) is 0 Å². The molecule has 0 fully saturated rings. The van der Waals surface area contributed by atoms with Crippen LogP contribution < -0.4 is 11.5 Å². The number of nitrogens with zero attached hydrogens (tertiary/aromatic N) is 1. The molecule has 0 atom stereocenters. The predicted molar refractivity (Wildman–Crippen MR) is 88.4 cm³/mol. The molecule has 110 valence electrons. The topological polar surface area (TPSA) is 81.5 Å². The SMILES string of the molecule is NC(N)=NC(=O)c1ccc2c(c1)C(c1ccccc1)=CCC2. The second-order valence-corrected chi connectivity index (χ2v) is 5.24. The molecule has 0 bridgehead atoms. The van der Waals surface area contributed by atoms with Gasteiger partial charge in [0.2, 0.25) is 0 Å². The van der Waals surface area contributed by atoms with Crippen LogP contribution in [0.15, 0.2) is 59.6 Å². The number of nitrogens with two attached hydrogens (primary N) is 2. The van der Waals surface area contributed by atoms with Gasteiger partial charge in [0.15, 0.2) is 5.96 Å². The number of guanidine groups is 1. The number of hydrogen-bond donors (Lipinski definition) is 2. The van der Waals surface area contributed by atoms with E-state index in [0.29, 0.717) is 5.56 Å². The van der Waals surface area contributed by atoms with Gasteiger partial charge in [-0.1, -0.05) is 42.5 Å². The summed E-state index contributed by atoms with van der Waals surface area (Å²) in [5.74, 6) is -0.637. The van der Waals surface area contributed by atoms with Crippen molar-refractivity contribution >= 4 is 17.4 Å². The molecule has 4 heteroatoms. The molecule has 0 aliphatic heterocycles. The number of carbonyl (C=O) groups is 1. The Morgan fingerprint density at radius 1 is 1.05 bits per heavy atom. The average Bonchev–Trinajstić information content (AvgIpc) is 2.54. The molecule has 1 aliphatic carbocycles. The molecule has 0 radical (unpaired) electrons. The van der Waals surface area contributed by atoms with Crippen molar-refractivity contribution in [1.29, 1.82) is 0 Å². The molecule has 2 aromatic rings. The first-order valence-electron chi connectivity index (χ1n) is 7.18. The Bertz CT molecular complexity index is 772. The van der Waals surface area contributed by atoms with E-state index in [-0.39, 0.29) is 5.96 Å². The summed E-state index contributed by atoms with van der Waals surface area (Å²) in [5, 5.41) is 0. The van der Waals surface area contributed by atoms with Gasteiger partial charge in [0.1, 0.15) is 0 Å². The Labute approximate surface area is 129 Å². The zero-order valence-corrected chi connectivity index (χ0v) is 12.1. The van der Waals surface area contributed by atoms with Crippen LogP contribution in [0.5, 0.6) is 0 Å². The summed E-state index contributed by atoms with van der Waals surface area (Å²) in [4.78, 5) is 15.6. The molecule has 0 saturated heterocycles. The lowest BCUT2D eigenvalue weighted by atomic mass is 9.86.